The Morgan fingerprint density at radius 2 is 1.28 bits per heavy atom. The van der Waals surface area contributed by atoms with Crippen molar-refractivity contribution in [3.05, 3.63) is 0 Å². The van der Waals surface area contributed by atoms with E-state index in [1.54, 1.807) is 0 Å². The van der Waals surface area contributed by atoms with Gasteiger partial charge in [-0.25, -0.2) is 9.69 Å². The number of unbranched alkanes of at least 4 members (excludes halogenated alkanes) is 9. The fourth-order valence-electron chi connectivity index (χ4n) is 1.76. The van der Waals surface area contributed by atoms with Gasteiger partial charge in [0.25, 0.3) is 0 Å². The summed E-state index contributed by atoms with van der Waals surface area (Å²) in [5.41, 5.74) is 0. The van der Waals surface area contributed by atoms with Crippen LogP contribution in [0.4, 0.5) is 0 Å². The van der Waals surface area contributed by atoms with E-state index in [0.29, 0.717) is 6.61 Å². The summed E-state index contributed by atoms with van der Waals surface area (Å²) in [6.45, 7) is 2.66. The first-order valence-electron chi connectivity index (χ1n) is 6.91. The van der Waals surface area contributed by atoms with Crippen LogP contribution in [0.2, 0.25) is 0 Å². The number of hydrogen-bond acceptors (Lipinski definition) is 4. The second-order valence-electron chi connectivity index (χ2n) is 4.43. The Balaban J connectivity index is -0.00000128. The van der Waals surface area contributed by atoms with Gasteiger partial charge in [0, 0.05) is 0 Å². The van der Waals surface area contributed by atoms with E-state index in [0.717, 1.165) is 12.8 Å². The van der Waals surface area contributed by atoms with Crippen LogP contribution in [0.1, 0.15) is 72.6 Å². The molecule has 6 heteroatoms. The van der Waals surface area contributed by atoms with Crippen LogP contribution in [0.25, 0.3) is 0 Å². The molecular formula is C12H28BKO4. The minimum absolute atomic E-state index is 0. The Hall–Kier alpha value is 1.54. The quantitative estimate of drug-likeness (QED) is 0.216. The van der Waals surface area contributed by atoms with E-state index in [1.807, 2.05) is 0 Å². The molecule has 0 radical (unpaired) electrons. The summed E-state index contributed by atoms with van der Waals surface area (Å²) < 4.78 is 0. The Morgan fingerprint density at radius 3 is 1.72 bits per heavy atom. The molecule has 0 saturated carbocycles. The van der Waals surface area contributed by atoms with Crippen LogP contribution in [0.3, 0.4) is 0 Å². The second-order valence-corrected chi connectivity index (χ2v) is 4.43. The predicted molar refractivity (Wildman–Crippen MR) is 70.2 cm³/mol. The summed E-state index contributed by atoms with van der Waals surface area (Å²) in [5.74, 6) is 0. The third kappa shape index (κ3) is 19.9. The van der Waals surface area contributed by atoms with E-state index in [4.69, 9.17) is 10.0 Å². The summed E-state index contributed by atoms with van der Waals surface area (Å²) in [4.78, 5) is 8.70. The van der Waals surface area contributed by atoms with Gasteiger partial charge in [-0.2, -0.15) is 0 Å². The molecule has 0 aromatic carbocycles. The van der Waals surface area contributed by atoms with Crippen LogP contribution in [-0.4, -0.2) is 24.0 Å². The summed E-state index contributed by atoms with van der Waals surface area (Å²) in [7, 11) is -1.82. The fourth-order valence-corrected chi connectivity index (χ4v) is 1.76. The maximum atomic E-state index is 8.32. The zero-order valence-electron chi connectivity index (χ0n) is 13.1. The second kappa shape index (κ2) is 18.5. The standard InChI is InChI=1S/C12H27BO4.K.H/c1-2-3-4-5-6-7-8-9-10-11-12-16-17-13(14)15;;/h14-15H,2-12H2,1H3;;/q;+1;-1. The van der Waals surface area contributed by atoms with E-state index >= 15 is 0 Å². The average Bonchev–Trinajstić information content (AvgIpc) is 2.30. The minimum Gasteiger partial charge on any atom is -1.00 e. The van der Waals surface area contributed by atoms with E-state index in [2.05, 4.69) is 16.6 Å². The Bertz CT molecular complexity index is 156. The summed E-state index contributed by atoms with van der Waals surface area (Å²) >= 11 is 0. The van der Waals surface area contributed by atoms with Crippen molar-refractivity contribution in [2.24, 2.45) is 0 Å². The maximum absolute atomic E-state index is 8.32. The Labute approximate surface area is 156 Å². The van der Waals surface area contributed by atoms with Crippen LogP contribution >= 0.6 is 0 Å². The maximum Gasteiger partial charge on any atom is 1.00 e. The molecule has 0 aliphatic rings. The van der Waals surface area contributed by atoms with Gasteiger partial charge in [0.2, 0.25) is 0 Å². The molecule has 0 aliphatic heterocycles. The van der Waals surface area contributed by atoms with E-state index in [-0.39, 0.29) is 52.8 Å². The van der Waals surface area contributed by atoms with Gasteiger partial charge in [-0.05, 0) is 6.42 Å². The number of rotatable bonds is 13. The van der Waals surface area contributed by atoms with Gasteiger partial charge >= 0.3 is 58.7 Å². The van der Waals surface area contributed by atoms with Crippen molar-refractivity contribution in [3.8, 4) is 0 Å². The van der Waals surface area contributed by atoms with E-state index in [9.17, 15) is 0 Å². The van der Waals surface area contributed by atoms with Gasteiger partial charge in [0.15, 0.2) is 0 Å². The first-order chi connectivity index (χ1) is 8.27. The molecule has 0 rings (SSSR count). The third-order valence-electron chi connectivity index (χ3n) is 2.74. The predicted octanol–water partition coefficient (Wildman–Crippen LogP) is -0.0585. The number of hydrogen-bond donors (Lipinski definition) is 2. The van der Waals surface area contributed by atoms with Gasteiger partial charge in [-0.15, -0.1) is 0 Å². The van der Waals surface area contributed by atoms with Gasteiger partial charge in [-0.3, -0.25) is 0 Å². The molecule has 0 aromatic rings. The van der Waals surface area contributed by atoms with Crippen molar-refractivity contribution >= 4 is 7.32 Å². The van der Waals surface area contributed by atoms with E-state index in [1.165, 1.54) is 51.4 Å². The topological polar surface area (TPSA) is 58.9 Å². The van der Waals surface area contributed by atoms with E-state index < -0.39 is 7.32 Å². The Morgan fingerprint density at radius 1 is 0.833 bits per heavy atom. The molecule has 0 heterocycles. The van der Waals surface area contributed by atoms with Crippen LogP contribution in [-0.2, 0) is 9.69 Å². The van der Waals surface area contributed by atoms with Crippen molar-refractivity contribution in [2.75, 3.05) is 6.61 Å². The molecule has 104 valence electrons. The van der Waals surface area contributed by atoms with Crippen molar-refractivity contribution in [1.29, 1.82) is 0 Å². The summed E-state index contributed by atoms with van der Waals surface area (Å²) in [6, 6.07) is 0. The first-order valence-corrected chi connectivity index (χ1v) is 6.91. The fraction of sp³-hybridized carbons (Fsp3) is 1.00. The minimum atomic E-state index is -1.82. The average molecular weight is 286 g/mol. The van der Waals surface area contributed by atoms with Gasteiger partial charge in [0.1, 0.15) is 0 Å². The molecular weight excluding hydrogens is 258 g/mol. The molecule has 2 N–H and O–H groups in total. The molecule has 0 bridgehead atoms. The third-order valence-corrected chi connectivity index (χ3v) is 2.74. The van der Waals surface area contributed by atoms with Crippen molar-refractivity contribution in [3.63, 3.8) is 0 Å². The monoisotopic (exact) mass is 286 g/mol. The Kier molecular flexibility index (Phi) is 22.5. The van der Waals surface area contributed by atoms with Crippen LogP contribution < -0.4 is 51.4 Å². The van der Waals surface area contributed by atoms with Crippen LogP contribution in [0.5, 0.6) is 0 Å². The molecule has 0 amide bonds. The van der Waals surface area contributed by atoms with Crippen molar-refractivity contribution in [1.82, 2.24) is 0 Å². The molecule has 0 spiro atoms. The van der Waals surface area contributed by atoms with Crippen molar-refractivity contribution < 1.29 is 72.6 Å². The van der Waals surface area contributed by atoms with Crippen LogP contribution in [0, 0.1) is 0 Å². The zero-order chi connectivity index (χ0) is 12.8. The molecule has 0 atom stereocenters. The van der Waals surface area contributed by atoms with Gasteiger partial charge in [0.05, 0.1) is 6.61 Å². The van der Waals surface area contributed by atoms with Crippen molar-refractivity contribution in [2.45, 2.75) is 71.1 Å². The molecule has 0 fully saturated rings. The van der Waals surface area contributed by atoms with Crippen LogP contribution in [0.15, 0.2) is 0 Å². The largest absolute Gasteiger partial charge is 1.00 e. The molecule has 0 saturated heterocycles. The van der Waals surface area contributed by atoms with Gasteiger partial charge in [-0.1, -0.05) is 64.7 Å². The molecule has 0 unspecified atom stereocenters. The molecule has 18 heavy (non-hydrogen) atoms. The normalized spacial score (nSPS) is 10.2. The first kappa shape index (κ1) is 21.8. The zero-order valence-corrected chi connectivity index (χ0v) is 15.2. The molecule has 4 nitrogen and oxygen atoms in total. The molecule has 0 aromatic heterocycles. The summed E-state index contributed by atoms with van der Waals surface area (Å²) in [5, 5.41) is 16.6. The molecule has 0 aliphatic carbocycles. The smallest absolute Gasteiger partial charge is 1.00 e. The van der Waals surface area contributed by atoms with Gasteiger partial charge < -0.3 is 11.5 Å². The summed E-state index contributed by atoms with van der Waals surface area (Å²) in [6.07, 6.45) is 12.6. The SMILES string of the molecule is CCCCCCCCCCCCOOB(O)O.[H-].[K+].